The van der Waals surface area contributed by atoms with Crippen LogP contribution in [0.5, 0.6) is 0 Å². The Bertz CT molecular complexity index is 300. The van der Waals surface area contributed by atoms with Gasteiger partial charge in [0.25, 0.3) is 0 Å². The molecule has 0 saturated heterocycles. The van der Waals surface area contributed by atoms with E-state index in [0.717, 1.165) is 5.69 Å². The van der Waals surface area contributed by atoms with Crippen molar-refractivity contribution in [3.8, 4) is 0 Å². The topological polar surface area (TPSA) is 70.1 Å². The van der Waals surface area contributed by atoms with Crippen molar-refractivity contribution in [2.24, 2.45) is 5.10 Å². The Hall–Kier alpha value is -1.65. The Kier molecular flexibility index (Phi) is 1.21. The molecule has 2 rings (SSSR count). The fourth-order valence-electron chi connectivity index (χ4n) is 0.930. The predicted octanol–water partition coefficient (Wildman–Crippen LogP) is -0.366. The molecule has 0 fully saturated rings. The van der Waals surface area contributed by atoms with Crippen LogP contribution in [0.15, 0.2) is 17.4 Å². The smallest absolute Gasteiger partial charge is 0.246 e. The third kappa shape index (κ3) is 1.000. The number of H-pyrrole nitrogens is 1. The van der Waals surface area contributed by atoms with E-state index in [2.05, 4.69) is 20.7 Å². The first kappa shape index (κ1) is 6.09. The van der Waals surface area contributed by atoms with Crippen molar-refractivity contribution in [2.45, 2.75) is 6.42 Å². The maximum Gasteiger partial charge on any atom is 0.246 e. The van der Waals surface area contributed by atoms with E-state index < -0.39 is 0 Å². The third-order valence-electron chi connectivity index (χ3n) is 1.44. The van der Waals surface area contributed by atoms with Gasteiger partial charge in [0.1, 0.15) is 5.69 Å². The van der Waals surface area contributed by atoms with Crippen molar-refractivity contribution in [3.05, 3.63) is 18.0 Å². The van der Waals surface area contributed by atoms with Gasteiger partial charge in [-0.3, -0.25) is 9.89 Å². The van der Waals surface area contributed by atoms with E-state index in [1.807, 2.05) is 0 Å². The summed E-state index contributed by atoms with van der Waals surface area (Å²) in [7, 11) is 0. The van der Waals surface area contributed by atoms with Gasteiger partial charge in [-0.25, -0.2) is 5.43 Å². The number of hydrogen-bond donors (Lipinski definition) is 2. The number of nitrogens with one attached hydrogen (secondary N) is 2. The minimum absolute atomic E-state index is 0.0806. The molecule has 0 saturated carbocycles. The molecule has 1 aliphatic rings. The number of carbonyl (C=O) groups is 1. The number of carbonyl (C=O) groups excluding carboxylic acids is 1. The zero-order valence-corrected chi connectivity index (χ0v) is 5.66. The summed E-state index contributed by atoms with van der Waals surface area (Å²) in [5, 5.41) is 10.3. The van der Waals surface area contributed by atoms with E-state index in [-0.39, 0.29) is 5.91 Å². The number of aromatic amines is 1. The van der Waals surface area contributed by atoms with E-state index in [1.165, 1.54) is 0 Å². The van der Waals surface area contributed by atoms with Crippen LogP contribution in [0.3, 0.4) is 0 Å². The van der Waals surface area contributed by atoms with Crippen LogP contribution in [-0.4, -0.2) is 21.8 Å². The quantitative estimate of drug-likeness (QED) is 0.573. The molecule has 5 heteroatoms. The number of nitrogens with zero attached hydrogens (tertiary/aromatic N) is 2. The van der Waals surface area contributed by atoms with Crippen molar-refractivity contribution in [3.63, 3.8) is 0 Å². The Morgan fingerprint density at radius 2 is 2.45 bits per heavy atom. The molecule has 1 aromatic rings. The Morgan fingerprint density at radius 3 is 3.00 bits per heavy atom. The maximum atomic E-state index is 10.7. The second-order valence-electron chi connectivity index (χ2n) is 2.23. The molecule has 0 aromatic carbocycles. The first-order chi connectivity index (χ1) is 5.36. The lowest BCUT2D eigenvalue weighted by Crippen LogP contribution is -2.09. The molecule has 2 heterocycles. The van der Waals surface area contributed by atoms with Gasteiger partial charge in [-0.15, -0.1) is 0 Å². The molecule has 2 N–H and O–H groups in total. The summed E-state index contributed by atoms with van der Waals surface area (Å²) in [6.45, 7) is 0. The van der Waals surface area contributed by atoms with Crippen LogP contribution in [0, 0.1) is 0 Å². The van der Waals surface area contributed by atoms with E-state index in [4.69, 9.17) is 0 Å². The number of hydrogen-bond acceptors (Lipinski definition) is 3. The lowest BCUT2D eigenvalue weighted by Gasteiger charge is -1.86. The summed E-state index contributed by atoms with van der Waals surface area (Å²) in [6.07, 6.45) is 2.02. The van der Waals surface area contributed by atoms with Gasteiger partial charge in [-0.1, -0.05) is 0 Å². The summed E-state index contributed by atoms with van der Waals surface area (Å²) >= 11 is 0. The molecule has 5 nitrogen and oxygen atoms in total. The lowest BCUT2D eigenvalue weighted by atomic mass is 10.2. The SMILES string of the molecule is O=C1CC(c2cc[nH]n2)=NN1. The van der Waals surface area contributed by atoms with Gasteiger partial charge in [0.15, 0.2) is 0 Å². The van der Waals surface area contributed by atoms with E-state index in [0.29, 0.717) is 12.1 Å². The van der Waals surface area contributed by atoms with Gasteiger partial charge >= 0.3 is 0 Å². The highest BCUT2D eigenvalue weighted by atomic mass is 16.2. The van der Waals surface area contributed by atoms with Crippen molar-refractivity contribution in [1.82, 2.24) is 15.6 Å². The zero-order chi connectivity index (χ0) is 7.68. The maximum absolute atomic E-state index is 10.7. The molecular formula is C6H6N4O. The van der Waals surface area contributed by atoms with Crippen LogP contribution in [0.4, 0.5) is 0 Å². The van der Waals surface area contributed by atoms with Crippen LogP contribution in [0.1, 0.15) is 12.1 Å². The summed E-state index contributed by atoms with van der Waals surface area (Å²) in [6, 6.07) is 1.78. The molecule has 0 unspecified atom stereocenters. The van der Waals surface area contributed by atoms with Crippen LogP contribution in [-0.2, 0) is 4.79 Å². The van der Waals surface area contributed by atoms with Gasteiger partial charge in [-0.05, 0) is 6.07 Å². The number of amides is 1. The monoisotopic (exact) mass is 150 g/mol. The summed E-state index contributed by atoms with van der Waals surface area (Å²) in [4.78, 5) is 10.7. The van der Waals surface area contributed by atoms with E-state index in [1.54, 1.807) is 12.3 Å². The average molecular weight is 150 g/mol. The molecule has 1 aromatic heterocycles. The van der Waals surface area contributed by atoms with E-state index >= 15 is 0 Å². The van der Waals surface area contributed by atoms with Crippen molar-refractivity contribution in [2.75, 3.05) is 0 Å². The predicted molar refractivity (Wildman–Crippen MR) is 37.9 cm³/mol. The Balaban J connectivity index is 2.26. The number of aromatic nitrogens is 2. The summed E-state index contributed by atoms with van der Waals surface area (Å²) in [5.41, 5.74) is 3.77. The molecule has 0 aliphatic carbocycles. The van der Waals surface area contributed by atoms with Gasteiger partial charge in [0.2, 0.25) is 5.91 Å². The second kappa shape index (κ2) is 2.19. The molecule has 1 aliphatic heterocycles. The minimum Gasteiger partial charge on any atom is -0.285 e. The molecular weight excluding hydrogens is 144 g/mol. The average Bonchev–Trinajstić information content (AvgIpc) is 2.55. The summed E-state index contributed by atoms with van der Waals surface area (Å²) in [5.74, 6) is -0.0806. The normalized spacial score (nSPS) is 16.4. The molecule has 11 heavy (non-hydrogen) atoms. The van der Waals surface area contributed by atoms with Crippen LogP contribution in [0.2, 0.25) is 0 Å². The zero-order valence-electron chi connectivity index (χ0n) is 5.66. The molecule has 1 amide bonds. The molecule has 0 spiro atoms. The summed E-state index contributed by atoms with van der Waals surface area (Å²) < 4.78 is 0. The Morgan fingerprint density at radius 1 is 1.55 bits per heavy atom. The Labute approximate surface area is 62.5 Å². The van der Waals surface area contributed by atoms with Gasteiger partial charge in [0.05, 0.1) is 12.1 Å². The largest absolute Gasteiger partial charge is 0.285 e. The number of rotatable bonds is 1. The van der Waals surface area contributed by atoms with Crippen molar-refractivity contribution >= 4 is 11.6 Å². The number of hydrazone groups is 1. The molecule has 56 valence electrons. The standard InChI is InChI=1S/C6H6N4O/c11-6-3-5(9-10-6)4-1-2-7-8-4/h1-2H,3H2,(H,7,8)(H,10,11). The molecule has 0 bridgehead atoms. The van der Waals surface area contributed by atoms with Crippen LogP contribution >= 0.6 is 0 Å². The molecule has 0 atom stereocenters. The highest BCUT2D eigenvalue weighted by Gasteiger charge is 2.16. The van der Waals surface area contributed by atoms with Gasteiger partial charge < -0.3 is 0 Å². The van der Waals surface area contributed by atoms with Crippen molar-refractivity contribution < 1.29 is 4.79 Å². The highest BCUT2D eigenvalue weighted by Crippen LogP contribution is 2.03. The fraction of sp³-hybridized carbons (Fsp3) is 0.167. The lowest BCUT2D eigenvalue weighted by molar-refractivity contribution is -0.119. The fourth-order valence-corrected chi connectivity index (χ4v) is 0.930. The first-order valence-corrected chi connectivity index (χ1v) is 3.22. The van der Waals surface area contributed by atoms with Crippen LogP contribution < -0.4 is 5.43 Å². The molecule has 0 radical (unpaired) electrons. The van der Waals surface area contributed by atoms with Crippen molar-refractivity contribution in [1.29, 1.82) is 0 Å². The van der Waals surface area contributed by atoms with Gasteiger partial charge in [0, 0.05) is 6.20 Å². The third-order valence-corrected chi connectivity index (χ3v) is 1.44. The van der Waals surface area contributed by atoms with Gasteiger partial charge in [-0.2, -0.15) is 10.2 Å². The highest BCUT2D eigenvalue weighted by molar-refractivity contribution is 6.12. The second-order valence-corrected chi connectivity index (χ2v) is 2.23. The first-order valence-electron chi connectivity index (χ1n) is 3.22. The van der Waals surface area contributed by atoms with Crippen LogP contribution in [0.25, 0.3) is 0 Å². The van der Waals surface area contributed by atoms with E-state index in [9.17, 15) is 4.79 Å². The minimum atomic E-state index is -0.0806.